The number of nitrogens with zero attached hydrogens (tertiary/aromatic N) is 3. The van der Waals surface area contributed by atoms with E-state index in [1.54, 1.807) is 10.5 Å². The SMILES string of the molecule is CCCCCn1c(C)cc(=O)n2c(C)c(-c3ccc(Cl)cc3)nc12. The molecule has 0 spiro atoms. The lowest BCUT2D eigenvalue weighted by molar-refractivity contribution is 0.590. The van der Waals surface area contributed by atoms with E-state index in [0.717, 1.165) is 41.4 Å². The van der Waals surface area contributed by atoms with Gasteiger partial charge in [-0.15, -0.1) is 0 Å². The lowest BCUT2D eigenvalue weighted by Crippen LogP contribution is -2.20. The summed E-state index contributed by atoms with van der Waals surface area (Å²) >= 11 is 5.98. The molecule has 0 amide bonds. The zero-order chi connectivity index (χ0) is 17.3. The first kappa shape index (κ1) is 16.8. The molecule has 24 heavy (non-hydrogen) atoms. The number of hydrogen-bond donors (Lipinski definition) is 0. The van der Waals surface area contributed by atoms with E-state index in [4.69, 9.17) is 16.6 Å². The Hall–Kier alpha value is -2.07. The molecule has 126 valence electrons. The number of hydrogen-bond acceptors (Lipinski definition) is 2. The van der Waals surface area contributed by atoms with Gasteiger partial charge in [-0.1, -0.05) is 43.5 Å². The second-order valence-corrected chi connectivity index (χ2v) is 6.61. The molecule has 4 nitrogen and oxygen atoms in total. The number of imidazole rings is 1. The van der Waals surface area contributed by atoms with Crippen LogP contribution < -0.4 is 5.56 Å². The molecule has 0 N–H and O–H groups in total. The Balaban J connectivity index is 2.18. The molecule has 1 aromatic carbocycles. The fraction of sp³-hybridized carbons (Fsp3) is 0.368. The van der Waals surface area contributed by atoms with E-state index in [1.807, 2.05) is 38.1 Å². The van der Waals surface area contributed by atoms with Crippen molar-refractivity contribution in [2.45, 2.75) is 46.6 Å². The smallest absolute Gasteiger partial charge is 0.259 e. The topological polar surface area (TPSA) is 39.3 Å². The van der Waals surface area contributed by atoms with Gasteiger partial charge < -0.3 is 4.57 Å². The molecule has 0 radical (unpaired) electrons. The van der Waals surface area contributed by atoms with Gasteiger partial charge in [-0.05, 0) is 32.4 Å². The number of aromatic nitrogens is 3. The van der Waals surface area contributed by atoms with Crippen LogP contribution in [0.15, 0.2) is 35.1 Å². The molecular weight excluding hydrogens is 322 g/mol. The van der Waals surface area contributed by atoms with E-state index in [-0.39, 0.29) is 5.56 Å². The van der Waals surface area contributed by atoms with Crippen LogP contribution in [0.25, 0.3) is 17.0 Å². The minimum atomic E-state index is -0.0283. The summed E-state index contributed by atoms with van der Waals surface area (Å²) in [6.45, 7) is 6.97. The van der Waals surface area contributed by atoms with E-state index < -0.39 is 0 Å². The van der Waals surface area contributed by atoms with Crippen LogP contribution in [0.2, 0.25) is 5.02 Å². The molecule has 0 saturated carbocycles. The predicted molar refractivity (Wildman–Crippen MR) is 98.9 cm³/mol. The largest absolute Gasteiger partial charge is 0.315 e. The van der Waals surface area contributed by atoms with E-state index in [1.165, 1.54) is 12.8 Å². The average Bonchev–Trinajstić information content (AvgIpc) is 2.89. The van der Waals surface area contributed by atoms with Gasteiger partial charge in [0.05, 0.1) is 11.4 Å². The average molecular weight is 344 g/mol. The van der Waals surface area contributed by atoms with Gasteiger partial charge >= 0.3 is 0 Å². The molecular formula is C19H22ClN3O. The minimum Gasteiger partial charge on any atom is -0.315 e. The van der Waals surface area contributed by atoms with Crippen molar-refractivity contribution in [2.24, 2.45) is 0 Å². The molecule has 0 fully saturated rings. The Morgan fingerprint density at radius 3 is 2.50 bits per heavy atom. The first-order valence-corrected chi connectivity index (χ1v) is 8.76. The Morgan fingerprint density at radius 2 is 1.83 bits per heavy atom. The van der Waals surface area contributed by atoms with Crippen LogP contribution in [0.4, 0.5) is 0 Å². The maximum atomic E-state index is 12.5. The van der Waals surface area contributed by atoms with Crippen molar-refractivity contribution in [1.29, 1.82) is 0 Å². The van der Waals surface area contributed by atoms with E-state index >= 15 is 0 Å². The fourth-order valence-corrected chi connectivity index (χ4v) is 3.21. The Kier molecular flexibility index (Phi) is 4.76. The molecule has 0 aliphatic carbocycles. The second kappa shape index (κ2) is 6.81. The third kappa shape index (κ3) is 2.98. The third-order valence-electron chi connectivity index (χ3n) is 4.41. The predicted octanol–water partition coefficient (Wildman–Crippen LogP) is 4.62. The Labute approximate surface area is 146 Å². The van der Waals surface area contributed by atoms with Crippen molar-refractivity contribution >= 4 is 17.4 Å². The van der Waals surface area contributed by atoms with Crippen LogP contribution in [-0.4, -0.2) is 14.0 Å². The maximum Gasteiger partial charge on any atom is 0.259 e. The fourth-order valence-electron chi connectivity index (χ4n) is 3.09. The first-order valence-electron chi connectivity index (χ1n) is 8.38. The summed E-state index contributed by atoms with van der Waals surface area (Å²) in [5.41, 5.74) is 3.59. The van der Waals surface area contributed by atoms with Gasteiger partial charge in [-0.2, -0.15) is 0 Å². The summed E-state index contributed by atoms with van der Waals surface area (Å²) in [6, 6.07) is 9.27. The molecule has 2 aromatic heterocycles. The monoisotopic (exact) mass is 343 g/mol. The van der Waals surface area contributed by atoms with Crippen LogP contribution in [0.3, 0.4) is 0 Å². The van der Waals surface area contributed by atoms with Gasteiger partial charge in [0.1, 0.15) is 0 Å². The van der Waals surface area contributed by atoms with Crippen LogP contribution in [0, 0.1) is 13.8 Å². The number of rotatable bonds is 5. The summed E-state index contributed by atoms with van der Waals surface area (Å²) < 4.78 is 3.85. The van der Waals surface area contributed by atoms with Crippen molar-refractivity contribution in [3.8, 4) is 11.3 Å². The van der Waals surface area contributed by atoms with Gasteiger partial charge in [0.2, 0.25) is 5.78 Å². The van der Waals surface area contributed by atoms with Crippen LogP contribution in [-0.2, 0) is 6.54 Å². The highest BCUT2D eigenvalue weighted by atomic mass is 35.5. The maximum absolute atomic E-state index is 12.5. The van der Waals surface area contributed by atoms with Gasteiger partial charge in [0.25, 0.3) is 5.56 Å². The molecule has 0 saturated heterocycles. The molecule has 0 unspecified atom stereocenters. The molecule has 0 aliphatic rings. The highest BCUT2D eigenvalue weighted by molar-refractivity contribution is 6.30. The Bertz CT molecular complexity index is 922. The lowest BCUT2D eigenvalue weighted by atomic mass is 10.1. The molecule has 3 aromatic rings. The van der Waals surface area contributed by atoms with E-state index in [2.05, 4.69) is 11.5 Å². The van der Waals surface area contributed by atoms with Crippen molar-refractivity contribution in [3.05, 3.63) is 57.1 Å². The summed E-state index contributed by atoms with van der Waals surface area (Å²) in [5.74, 6) is 0.721. The molecule has 0 bridgehead atoms. The highest BCUT2D eigenvalue weighted by Crippen LogP contribution is 2.25. The number of aryl methyl sites for hydroxylation is 3. The summed E-state index contributed by atoms with van der Waals surface area (Å²) in [6.07, 6.45) is 3.42. The minimum absolute atomic E-state index is 0.0283. The van der Waals surface area contributed by atoms with Crippen LogP contribution in [0.5, 0.6) is 0 Å². The number of halogens is 1. The van der Waals surface area contributed by atoms with Gasteiger partial charge in [-0.3, -0.25) is 4.79 Å². The first-order chi connectivity index (χ1) is 11.5. The standard InChI is InChI=1S/C19H22ClN3O/c1-4-5-6-11-22-13(2)12-17(24)23-14(3)18(21-19(22)23)15-7-9-16(20)10-8-15/h7-10,12H,4-6,11H2,1-3H3. The molecule has 0 atom stereocenters. The number of fused-ring (bicyclic) bond motifs is 1. The molecule has 2 heterocycles. The third-order valence-corrected chi connectivity index (χ3v) is 4.66. The second-order valence-electron chi connectivity index (χ2n) is 6.17. The number of benzene rings is 1. The van der Waals surface area contributed by atoms with E-state index in [0.29, 0.717) is 5.02 Å². The zero-order valence-corrected chi connectivity index (χ0v) is 15.1. The van der Waals surface area contributed by atoms with Gasteiger partial charge in [0.15, 0.2) is 0 Å². The summed E-state index contributed by atoms with van der Waals surface area (Å²) in [5, 5.41) is 0.690. The van der Waals surface area contributed by atoms with Crippen molar-refractivity contribution in [2.75, 3.05) is 0 Å². The lowest BCUT2D eigenvalue weighted by Gasteiger charge is -2.11. The van der Waals surface area contributed by atoms with E-state index in [9.17, 15) is 4.79 Å². The summed E-state index contributed by atoms with van der Waals surface area (Å²) in [4.78, 5) is 17.3. The molecule has 0 aliphatic heterocycles. The molecule has 3 rings (SSSR count). The van der Waals surface area contributed by atoms with Crippen molar-refractivity contribution in [3.63, 3.8) is 0 Å². The number of unbranched alkanes of at least 4 members (excludes halogenated alkanes) is 2. The van der Waals surface area contributed by atoms with Gasteiger partial charge in [-0.25, -0.2) is 9.38 Å². The summed E-state index contributed by atoms with van der Waals surface area (Å²) in [7, 11) is 0. The van der Waals surface area contributed by atoms with Crippen LogP contribution >= 0.6 is 11.6 Å². The Morgan fingerprint density at radius 1 is 1.12 bits per heavy atom. The van der Waals surface area contributed by atoms with Crippen molar-refractivity contribution < 1.29 is 0 Å². The zero-order valence-electron chi connectivity index (χ0n) is 14.3. The highest BCUT2D eigenvalue weighted by Gasteiger charge is 2.16. The van der Waals surface area contributed by atoms with Crippen LogP contribution in [0.1, 0.15) is 37.6 Å². The van der Waals surface area contributed by atoms with Gasteiger partial charge in [0, 0.05) is 28.9 Å². The quantitative estimate of drug-likeness (QED) is 0.634. The van der Waals surface area contributed by atoms with Crippen molar-refractivity contribution in [1.82, 2.24) is 14.0 Å². The normalized spacial score (nSPS) is 11.3. The molecule has 5 heteroatoms.